The summed E-state index contributed by atoms with van der Waals surface area (Å²) in [7, 11) is 0. The van der Waals surface area contributed by atoms with Crippen molar-refractivity contribution in [1.82, 2.24) is 9.97 Å². The minimum atomic E-state index is -0.268. The van der Waals surface area contributed by atoms with Gasteiger partial charge < -0.3 is 10.7 Å². The molecule has 0 saturated heterocycles. The van der Waals surface area contributed by atoms with E-state index < -0.39 is 0 Å². The van der Waals surface area contributed by atoms with Gasteiger partial charge in [0.05, 0.1) is 11.0 Å². The molecule has 0 aliphatic heterocycles. The fourth-order valence-corrected chi connectivity index (χ4v) is 2.98. The number of aromatic nitrogens is 2. The van der Waals surface area contributed by atoms with Gasteiger partial charge in [-0.05, 0) is 48.4 Å². The molecule has 3 nitrogen and oxygen atoms in total. The number of benzene rings is 2. The number of hydrogen-bond acceptors (Lipinski definition) is 3. The molecule has 0 radical (unpaired) electrons. The van der Waals surface area contributed by atoms with Crippen molar-refractivity contribution in [3.8, 4) is 0 Å². The van der Waals surface area contributed by atoms with Crippen molar-refractivity contribution in [3.05, 3.63) is 53.3 Å². The second-order valence-corrected chi connectivity index (χ2v) is 5.65. The van der Waals surface area contributed by atoms with Crippen LogP contribution in [0, 0.1) is 12.7 Å². The van der Waals surface area contributed by atoms with E-state index in [1.807, 2.05) is 19.1 Å². The Kier molecular flexibility index (Phi) is 3.46. The summed E-state index contributed by atoms with van der Waals surface area (Å²) >= 11 is 1.47. The molecule has 1 heterocycles. The van der Waals surface area contributed by atoms with E-state index in [1.165, 1.54) is 29.5 Å². The van der Waals surface area contributed by atoms with Crippen molar-refractivity contribution in [2.75, 3.05) is 0 Å². The lowest BCUT2D eigenvalue weighted by molar-refractivity contribution is 0.623. The Labute approximate surface area is 120 Å². The lowest BCUT2D eigenvalue weighted by atomic mass is 10.2. The first-order valence-electron chi connectivity index (χ1n) is 6.28. The molecule has 0 aliphatic carbocycles. The summed E-state index contributed by atoms with van der Waals surface area (Å²) < 4.78 is 13.2. The highest BCUT2D eigenvalue weighted by Crippen LogP contribution is 2.30. The summed E-state index contributed by atoms with van der Waals surface area (Å²) in [4.78, 5) is 8.71. The van der Waals surface area contributed by atoms with Gasteiger partial charge in [-0.25, -0.2) is 9.37 Å². The maximum absolute atomic E-state index is 13.2. The van der Waals surface area contributed by atoms with Crippen LogP contribution in [0.2, 0.25) is 0 Å². The van der Waals surface area contributed by atoms with Crippen molar-refractivity contribution < 1.29 is 4.39 Å². The van der Waals surface area contributed by atoms with Gasteiger partial charge in [-0.2, -0.15) is 0 Å². The average Bonchev–Trinajstić information content (AvgIpc) is 2.82. The minimum Gasteiger partial charge on any atom is -0.333 e. The molecule has 3 aromatic rings. The van der Waals surface area contributed by atoms with Gasteiger partial charge in [0.25, 0.3) is 0 Å². The number of nitrogens with zero attached hydrogens (tertiary/aromatic N) is 1. The van der Waals surface area contributed by atoms with Crippen molar-refractivity contribution in [1.29, 1.82) is 0 Å². The van der Waals surface area contributed by atoms with Crippen LogP contribution >= 0.6 is 11.8 Å². The number of H-pyrrole nitrogens is 1. The predicted molar refractivity (Wildman–Crippen MR) is 79.2 cm³/mol. The molecular weight excluding hydrogens is 273 g/mol. The van der Waals surface area contributed by atoms with Gasteiger partial charge in [0.1, 0.15) is 5.82 Å². The molecule has 20 heavy (non-hydrogen) atoms. The Morgan fingerprint density at radius 1 is 1.25 bits per heavy atom. The molecule has 0 atom stereocenters. The van der Waals surface area contributed by atoms with Gasteiger partial charge in [0, 0.05) is 11.4 Å². The highest BCUT2D eigenvalue weighted by molar-refractivity contribution is 7.99. The molecule has 0 spiro atoms. The molecule has 3 N–H and O–H groups in total. The molecular formula is C15H14FN3S. The molecule has 0 unspecified atom stereocenters. The number of aryl methyl sites for hydroxylation is 1. The highest BCUT2D eigenvalue weighted by atomic mass is 32.2. The molecule has 1 aromatic heterocycles. The highest BCUT2D eigenvalue weighted by Gasteiger charge is 2.08. The number of aromatic amines is 1. The van der Waals surface area contributed by atoms with Crippen LogP contribution in [0.3, 0.4) is 0 Å². The molecule has 0 fully saturated rings. The van der Waals surface area contributed by atoms with Crippen molar-refractivity contribution >= 4 is 22.8 Å². The summed E-state index contributed by atoms with van der Waals surface area (Å²) in [5.74, 6) is -0.268. The van der Waals surface area contributed by atoms with Gasteiger partial charge in [-0.3, -0.25) is 0 Å². The Hall–Kier alpha value is -1.85. The largest absolute Gasteiger partial charge is 0.333 e. The molecule has 5 heteroatoms. The van der Waals surface area contributed by atoms with Gasteiger partial charge in [0.15, 0.2) is 5.16 Å². The molecule has 3 rings (SSSR count). The van der Waals surface area contributed by atoms with E-state index >= 15 is 0 Å². The van der Waals surface area contributed by atoms with E-state index in [4.69, 9.17) is 5.73 Å². The van der Waals surface area contributed by atoms with Crippen LogP contribution in [0.15, 0.2) is 46.5 Å². The first-order chi connectivity index (χ1) is 9.65. The van der Waals surface area contributed by atoms with Crippen LogP contribution in [0.1, 0.15) is 11.1 Å². The molecule has 0 aliphatic rings. The molecule has 0 bridgehead atoms. The fourth-order valence-electron chi connectivity index (χ4n) is 2.06. The number of hydrogen-bond donors (Lipinski definition) is 2. The van der Waals surface area contributed by atoms with E-state index in [1.54, 1.807) is 6.07 Å². The van der Waals surface area contributed by atoms with E-state index in [-0.39, 0.29) is 5.82 Å². The molecule has 0 amide bonds. The summed E-state index contributed by atoms with van der Waals surface area (Å²) in [6.45, 7) is 2.35. The third-order valence-corrected chi connectivity index (χ3v) is 4.07. The number of nitrogens with two attached hydrogens (primary N) is 1. The fraction of sp³-hybridized carbons (Fsp3) is 0.133. The van der Waals surface area contributed by atoms with Crippen LogP contribution < -0.4 is 5.73 Å². The Morgan fingerprint density at radius 3 is 2.90 bits per heavy atom. The Morgan fingerprint density at radius 2 is 2.10 bits per heavy atom. The smallest absolute Gasteiger partial charge is 0.171 e. The van der Waals surface area contributed by atoms with E-state index in [2.05, 4.69) is 16.0 Å². The first-order valence-corrected chi connectivity index (χ1v) is 7.10. The lowest BCUT2D eigenvalue weighted by Gasteiger charge is -2.05. The van der Waals surface area contributed by atoms with Crippen LogP contribution in [-0.2, 0) is 6.54 Å². The van der Waals surface area contributed by atoms with E-state index in [9.17, 15) is 4.39 Å². The molecule has 2 aromatic carbocycles. The number of fused-ring (bicyclic) bond motifs is 1. The second kappa shape index (κ2) is 5.26. The summed E-state index contributed by atoms with van der Waals surface area (Å²) in [5, 5.41) is 0.784. The van der Waals surface area contributed by atoms with E-state index in [0.717, 1.165) is 26.6 Å². The number of imidazole rings is 1. The zero-order valence-corrected chi connectivity index (χ0v) is 11.8. The van der Waals surface area contributed by atoms with Gasteiger partial charge in [-0.1, -0.05) is 17.8 Å². The van der Waals surface area contributed by atoms with Gasteiger partial charge >= 0.3 is 0 Å². The van der Waals surface area contributed by atoms with E-state index in [0.29, 0.717) is 6.54 Å². The summed E-state index contributed by atoms with van der Waals surface area (Å²) in [6.07, 6.45) is 0. The van der Waals surface area contributed by atoms with Crippen LogP contribution in [0.25, 0.3) is 11.0 Å². The van der Waals surface area contributed by atoms with Crippen molar-refractivity contribution in [2.45, 2.75) is 23.5 Å². The lowest BCUT2D eigenvalue weighted by Crippen LogP contribution is -1.99. The second-order valence-electron chi connectivity index (χ2n) is 4.62. The first kappa shape index (κ1) is 13.1. The summed E-state index contributed by atoms with van der Waals surface area (Å²) in [5.41, 5.74) is 9.55. The third kappa shape index (κ3) is 2.55. The number of rotatable bonds is 3. The molecule has 0 saturated carbocycles. The maximum Gasteiger partial charge on any atom is 0.171 e. The normalized spacial score (nSPS) is 11.2. The van der Waals surface area contributed by atoms with Crippen molar-refractivity contribution in [3.63, 3.8) is 0 Å². The Bertz CT molecular complexity index is 767. The van der Waals surface area contributed by atoms with Crippen LogP contribution in [0.5, 0.6) is 0 Å². The van der Waals surface area contributed by atoms with Gasteiger partial charge in [0.2, 0.25) is 0 Å². The maximum atomic E-state index is 13.2. The number of nitrogens with one attached hydrogen (secondary N) is 1. The summed E-state index contributed by atoms with van der Waals surface area (Å²) in [6, 6.07) is 10.7. The quantitative estimate of drug-likeness (QED) is 0.773. The minimum absolute atomic E-state index is 0.268. The number of halogens is 1. The Balaban J connectivity index is 1.96. The van der Waals surface area contributed by atoms with Crippen LogP contribution in [0.4, 0.5) is 4.39 Å². The zero-order valence-electron chi connectivity index (χ0n) is 11.0. The average molecular weight is 287 g/mol. The molecule has 102 valence electrons. The third-order valence-electron chi connectivity index (χ3n) is 3.06. The van der Waals surface area contributed by atoms with Crippen LogP contribution in [-0.4, -0.2) is 9.97 Å². The monoisotopic (exact) mass is 287 g/mol. The zero-order chi connectivity index (χ0) is 14.1. The standard InChI is InChI=1S/C15H14FN3S/c1-9-2-4-12-13(6-9)19-15(18-12)20-14-5-3-11(16)7-10(14)8-17/h2-7H,8,17H2,1H3,(H,18,19). The SMILES string of the molecule is Cc1ccc2nc(Sc3ccc(F)cc3CN)[nH]c2c1. The predicted octanol–water partition coefficient (Wildman–Crippen LogP) is 3.62. The van der Waals surface area contributed by atoms with Gasteiger partial charge in [-0.15, -0.1) is 0 Å². The topological polar surface area (TPSA) is 54.7 Å². The van der Waals surface area contributed by atoms with Crippen molar-refractivity contribution in [2.24, 2.45) is 5.73 Å².